The van der Waals surface area contributed by atoms with Crippen LogP contribution in [0.4, 0.5) is 0 Å². The van der Waals surface area contributed by atoms with E-state index < -0.39 is 0 Å². The second-order valence-electron chi connectivity index (χ2n) is 3.59. The summed E-state index contributed by atoms with van der Waals surface area (Å²) in [6.07, 6.45) is 0. The first kappa shape index (κ1) is 11.8. The van der Waals surface area contributed by atoms with Gasteiger partial charge in [-0.15, -0.1) is 0 Å². The van der Waals surface area contributed by atoms with Crippen LogP contribution in [0.1, 0.15) is 19.4 Å². The van der Waals surface area contributed by atoms with Crippen molar-refractivity contribution in [3.8, 4) is 0 Å². The zero-order valence-electron chi connectivity index (χ0n) is 8.59. The smallest absolute Gasteiger partial charge is 0.135 e. The Morgan fingerprint density at radius 3 is 2.50 bits per heavy atom. The van der Waals surface area contributed by atoms with Crippen LogP contribution in [0.2, 0.25) is 10.3 Å². The molecule has 0 fully saturated rings. The largest absolute Gasteiger partial charge is 0.300 e. The highest BCUT2D eigenvalue weighted by Gasteiger charge is 2.08. The van der Waals surface area contributed by atoms with Gasteiger partial charge in [-0.1, -0.05) is 29.3 Å². The number of hydrogen-bond donors (Lipinski definition) is 0. The summed E-state index contributed by atoms with van der Waals surface area (Å²) in [5.41, 5.74) is 1.01. The van der Waals surface area contributed by atoms with Gasteiger partial charge >= 0.3 is 0 Å². The second-order valence-corrected chi connectivity index (χ2v) is 4.34. The summed E-state index contributed by atoms with van der Waals surface area (Å²) < 4.78 is 0. The van der Waals surface area contributed by atoms with Crippen LogP contribution in [0.15, 0.2) is 12.1 Å². The van der Waals surface area contributed by atoms with Crippen molar-refractivity contribution in [1.29, 1.82) is 0 Å². The van der Waals surface area contributed by atoms with Gasteiger partial charge in [-0.05, 0) is 27.0 Å². The Bertz CT molecular complexity index is 313. The van der Waals surface area contributed by atoms with Crippen LogP contribution in [0, 0.1) is 0 Å². The Morgan fingerprint density at radius 1 is 1.36 bits per heavy atom. The maximum Gasteiger partial charge on any atom is 0.135 e. The predicted molar refractivity (Wildman–Crippen MR) is 60.9 cm³/mol. The molecule has 0 saturated heterocycles. The summed E-state index contributed by atoms with van der Waals surface area (Å²) in [7, 11) is 2.05. The molecule has 4 heteroatoms. The van der Waals surface area contributed by atoms with Crippen LogP contribution in [0.25, 0.3) is 0 Å². The van der Waals surface area contributed by atoms with Gasteiger partial charge in [-0.25, -0.2) is 4.98 Å². The SMILES string of the molecule is CC(C)N(C)Cc1ccc(Cl)nc1Cl. The Hall–Kier alpha value is -0.310. The van der Waals surface area contributed by atoms with Crippen LogP contribution in [0.5, 0.6) is 0 Å². The second kappa shape index (κ2) is 4.96. The molecule has 2 nitrogen and oxygen atoms in total. The molecule has 0 aliphatic carbocycles. The van der Waals surface area contributed by atoms with Gasteiger partial charge in [0, 0.05) is 18.2 Å². The van der Waals surface area contributed by atoms with Crippen molar-refractivity contribution in [2.24, 2.45) is 0 Å². The Balaban J connectivity index is 2.77. The highest BCUT2D eigenvalue weighted by Crippen LogP contribution is 2.18. The van der Waals surface area contributed by atoms with Crippen LogP contribution in [-0.2, 0) is 6.54 Å². The quantitative estimate of drug-likeness (QED) is 0.745. The van der Waals surface area contributed by atoms with Crippen LogP contribution in [0.3, 0.4) is 0 Å². The highest BCUT2D eigenvalue weighted by atomic mass is 35.5. The Kier molecular flexibility index (Phi) is 4.17. The molecule has 0 aromatic carbocycles. The molecule has 0 spiro atoms. The molecule has 0 aliphatic rings. The number of aromatic nitrogens is 1. The van der Waals surface area contributed by atoms with Crippen molar-refractivity contribution in [3.63, 3.8) is 0 Å². The molecule has 0 saturated carbocycles. The van der Waals surface area contributed by atoms with Gasteiger partial charge < -0.3 is 0 Å². The lowest BCUT2D eigenvalue weighted by Crippen LogP contribution is -2.25. The summed E-state index contributed by atoms with van der Waals surface area (Å²) >= 11 is 11.7. The zero-order chi connectivity index (χ0) is 10.7. The molecule has 78 valence electrons. The number of rotatable bonds is 3. The van der Waals surface area contributed by atoms with Crippen LogP contribution in [-0.4, -0.2) is 23.0 Å². The molecule has 0 bridgehead atoms. The van der Waals surface area contributed by atoms with Gasteiger partial charge in [0.15, 0.2) is 0 Å². The molecule has 1 aromatic rings. The monoisotopic (exact) mass is 232 g/mol. The van der Waals surface area contributed by atoms with E-state index in [0.29, 0.717) is 16.3 Å². The average molecular weight is 233 g/mol. The minimum absolute atomic E-state index is 0.436. The maximum absolute atomic E-state index is 5.96. The molecule has 0 N–H and O–H groups in total. The first-order valence-corrected chi connectivity index (χ1v) is 5.27. The third-order valence-corrected chi connectivity index (χ3v) is 2.73. The normalized spacial score (nSPS) is 11.4. The van der Waals surface area contributed by atoms with E-state index in [9.17, 15) is 0 Å². The number of halogens is 2. The van der Waals surface area contributed by atoms with Gasteiger partial charge in [0.25, 0.3) is 0 Å². The van der Waals surface area contributed by atoms with Gasteiger partial charge in [0.1, 0.15) is 10.3 Å². The van der Waals surface area contributed by atoms with Crippen molar-refractivity contribution < 1.29 is 0 Å². The fourth-order valence-corrected chi connectivity index (χ4v) is 1.41. The molecular formula is C10H14Cl2N2. The van der Waals surface area contributed by atoms with Crippen molar-refractivity contribution in [1.82, 2.24) is 9.88 Å². The summed E-state index contributed by atoms with van der Waals surface area (Å²) in [6.45, 7) is 5.06. The topological polar surface area (TPSA) is 16.1 Å². The molecule has 1 rings (SSSR count). The lowest BCUT2D eigenvalue weighted by Gasteiger charge is -2.21. The molecule has 0 unspecified atom stereocenters. The third kappa shape index (κ3) is 3.12. The van der Waals surface area contributed by atoms with Crippen molar-refractivity contribution in [2.75, 3.05) is 7.05 Å². The molecule has 1 heterocycles. The van der Waals surface area contributed by atoms with E-state index in [2.05, 4.69) is 30.8 Å². The van der Waals surface area contributed by atoms with E-state index in [1.165, 1.54) is 0 Å². The number of nitrogens with zero attached hydrogens (tertiary/aromatic N) is 2. The van der Waals surface area contributed by atoms with Gasteiger partial charge in [-0.2, -0.15) is 0 Å². The lowest BCUT2D eigenvalue weighted by atomic mass is 10.2. The van der Waals surface area contributed by atoms with E-state index in [1.54, 1.807) is 6.07 Å². The first-order valence-electron chi connectivity index (χ1n) is 4.52. The fraction of sp³-hybridized carbons (Fsp3) is 0.500. The average Bonchev–Trinajstić information content (AvgIpc) is 2.09. The van der Waals surface area contributed by atoms with Crippen molar-refractivity contribution >= 4 is 23.2 Å². The molecule has 0 aliphatic heterocycles. The van der Waals surface area contributed by atoms with Gasteiger partial charge in [0.2, 0.25) is 0 Å². The standard InChI is InChI=1S/C10H14Cl2N2/c1-7(2)14(3)6-8-4-5-9(11)13-10(8)12/h4-5,7H,6H2,1-3H3. The fourth-order valence-electron chi connectivity index (χ4n) is 1.01. The number of hydrogen-bond acceptors (Lipinski definition) is 2. The maximum atomic E-state index is 5.96. The van der Waals surface area contributed by atoms with E-state index in [4.69, 9.17) is 23.2 Å². The van der Waals surface area contributed by atoms with E-state index in [0.717, 1.165) is 12.1 Å². The Labute approximate surface area is 94.8 Å². The van der Waals surface area contributed by atoms with Crippen LogP contribution < -0.4 is 0 Å². The molecule has 1 aromatic heterocycles. The van der Waals surface area contributed by atoms with Gasteiger partial charge in [0.05, 0.1) is 0 Å². The summed E-state index contributed by atoms with van der Waals surface area (Å²) in [5, 5.41) is 0.927. The minimum atomic E-state index is 0.436. The molecular weight excluding hydrogens is 219 g/mol. The van der Waals surface area contributed by atoms with Crippen molar-refractivity contribution in [2.45, 2.75) is 26.4 Å². The predicted octanol–water partition coefficient (Wildman–Crippen LogP) is 3.23. The van der Waals surface area contributed by atoms with Gasteiger partial charge in [-0.3, -0.25) is 4.90 Å². The van der Waals surface area contributed by atoms with E-state index in [1.807, 2.05) is 6.07 Å². The summed E-state index contributed by atoms with van der Waals surface area (Å²) in [6, 6.07) is 4.16. The number of pyridine rings is 1. The minimum Gasteiger partial charge on any atom is -0.300 e. The Morgan fingerprint density at radius 2 is 2.00 bits per heavy atom. The highest BCUT2D eigenvalue weighted by molar-refractivity contribution is 6.32. The summed E-state index contributed by atoms with van der Waals surface area (Å²) in [4.78, 5) is 6.18. The zero-order valence-corrected chi connectivity index (χ0v) is 10.1. The van der Waals surface area contributed by atoms with E-state index >= 15 is 0 Å². The van der Waals surface area contributed by atoms with Crippen molar-refractivity contribution in [3.05, 3.63) is 28.0 Å². The molecule has 14 heavy (non-hydrogen) atoms. The molecule has 0 amide bonds. The lowest BCUT2D eigenvalue weighted by molar-refractivity contribution is 0.265. The third-order valence-electron chi connectivity index (χ3n) is 2.19. The first-order chi connectivity index (χ1) is 6.50. The van der Waals surface area contributed by atoms with Crippen LogP contribution >= 0.6 is 23.2 Å². The summed E-state index contributed by atoms with van der Waals surface area (Å²) in [5.74, 6) is 0. The molecule has 0 atom stereocenters. The molecule has 0 radical (unpaired) electrons. The van der Waals surface area contributed by atoms with E-state index in [-0.39, 0.29) is 0 Å².